The quantitative estimate of drug-likeness (QED) is 0.643. The molecule has 0 aromatic rings. The van der Waals surface area contributed by atoms with E-state index < -0.39 is 0 Å². The molecule has 2 nitrogen and oxygen atoms in total. The fourth-order valence-corrected chi connectivity index (χ4v) is 3.44. The Morgan fingerprint density at radius 1 is 1.23 bits per heavy atom. The van der Waals surface area contributed by atoms with E-state index in [1.54, 1.807) is 0 Å². The number of hydrogen-bond donors (Lipinski definition) is 2. The molecule has 5 atom stereocenters. The van der Waals surface area contributed by atoms with Crippen LogP contribution >= 0.6 is 0 Å². The van der Waals surface area contributed by atoms with Crippen molar-refractivity contribution < 1.29 is 0 Å². The van der Waals surface area contributed by atoms with E-state index in [-0.39, 0.29) is 0 Å². The van der Waals surface area contributed by atoms with Gasteiger partial charge in [-0.15, -0.1) is 0 Å². The van der Waals surface area contributed by atoms with Gasteiger partial charge in [0, 0.05) is 6.04 Å². The summed E-state index contributed by atoms with van der Waals surface area (Å²) in [5.74, 6) is 2.68. The Bertz CT molecular complexity index is 181. The minimum absolute atomic E-state index is 0.565. The minimum Gasteiger partial charge on any atom is -0.305 e. The summed E-state index contributed by atoms with van der Waals surface area (Å²) >= 11 is 0. The Kier molecular flexibility index (Phi) is 2.61. The lowest BCUT2D eigenvalue weighted by atomic mass is 9.72. The molecule has 0 bridgehead atoms. The summed E-state index contributed by atoms with van der Waals surface area (Å²) in [6.07, 6.45) is 4.86. The molecular weight excluding hydrogens is 160 g/mol. The summed E-state index contributed by atoms with van der Waals surface area (Å²) in [5, 5.41) is 7.08. The van der Waals surface area contributed by atoms with E-state index in [2.05, 4.69) is 31.5 Å². The van der Waals surface area contributed by atoms with Crippen molar-refractivity contribution in [1.29, 1.82) is 0 Å². The molecule has 1 heterocycles. The Labute approximate surface area is 81.5 Å². The topological polar surface area (TPSA) is 24.1 Å². The van der Waals surface area contributed by atoms with E-state index in [4.69, 9.17) is 0 Å². The molecule has 5 unspecified atom stereocenters. The molecule has 1 saturated carbocycles. The van der Waals surface area contributed by atoms with Crippen molar-refractivity contribution in [3.63, 3.8) is 0 Å². The SMILES string of the molecule is CNC1NC(C)C2CCCC(C)C12. The largest absolute Gasteiger partial charge is 0.305 e. The first kappa shape index (κ1) is 9.47. The first-order chi connectivity index (χ1) is 6.24. The van der Waals surface area contributed by atoms with Crippen molar-refractivity contribution in [1.82, 2.24) is 10.6 Å². The summed E-state index contributed by atoms with van der Waals surface area (Å²) in [6.45, 7) is 4.76. The predicted molar refractivity (Wildman–Crippen MR) is 55.4 cm³/mol. The molecule has 0 radical (unpaired) electrons. The van der Waals surface area contributed by atoms with Crippen LogP contribution in [0, 0.1) is 17.8 Å². The monoisotopic (exact) mass is 182 g/mol. The van der Waals surface area contributed by atoms with E-state index in [0.29, 0.717) is 12.2 Å². The third kappa shape index (κ3) is 1.50. The van der Waals surface area contributed by atoms with E-state index in [1.165, 1.54) is 19.3 Å². The molecule has 0 aromatic carbocycles. The lowest BCUT2D eigenvalue weighted by molar-refractivity contribution is 0.166. The maximum absolute atomic E-state index is 3.66. The molecule has 76 valence electrons. The van der Waals surface area contributed by atoms with Gasteiger partial charge in [0.1, 0.15) is 0 Å². The van der Waals surface area contributed by atoms with Gasteiger partial charge >= 0.3 is 0 Å². The van der Waals surface area contributed by atoms with Gasteiger partial charge in [0.25, 0.3) is 0 Å². The van der Waals surface area contributed by atoms with Crippen molar-refractivity contribution in [2.75, 3.05) is 7.05 Å². The Morgan fingerprint density at radius 3 is 2.69 bits per heavy atom. The summed E-state index contributed by atoms with van der Waals surface area (Å²) < 4.78 is 0. The van der Waals surface area contributed by atoms with E-state index in [1.807, 2.05) is 0 Å². The molecule has 2 fully saturated rings. The minimum atomic E-state index is 0.565. The summed E-state index contributed by atoms with van der Waals surface area (Å²) in [4.78, 5) is 0. The van der Waals surface area contributed by atoms with Crippen LogP contribution in [0.5, 0.6) is 0 Å². The maximum atomic E-state index is 3.66. The van der Waals surface area contributed by atoms with Crippen LogP contribution in [0.1, 0.15) is 33.1 Å². The Morgan fingerprint density at radius 2 is 2.00 bits per heavy atom. The van der Waals surface area contributed by atoms with Crippen LogP contribution in [0.15, 0.2) is 0 Å². The molecule has 13 heavy (non-hydrogen) atoms. The highest BCUT2D eigenvalue weighted by molar-refractivity contribution is 4.97. The Balaban J connectivity index is 2.12. The molecule has 0 spiro atoms. The lowest BCUT2D eigenvalue weighted by Gasteiger charge is -2.34. The fraction of sp³-hybridized carbons (Fsp3) is 1.00. The summed E-state index contributed by atoms with van der Waals surface area (Å²) in [6, 6.07) is 0.713. The molecule has 1 aliphatic carbocycles. The van der Waals surface area contributed by atoms with Crippen LogP contribution in [0.2, 0.25) is 0 Å². The standard InChI is InChI=1S/C11H22N2/c1-7-5-4-6-9-8(2)13-11(12-3)10(7)9/h7-13H,4-6H2,1-3H3. The van der Waals surface area contributed by atoms with Crippen molar-refractivity contribution in [3.05, 3.63) is 0 Å². The molecular formula is C11H22N2. The predicted octanol–water partition coefficient (Wildman–Crippen LogP) is 1.58. The second-order valence-corrected chi connectivity index (χ2v) is 4.87. The lowest BCUT2D eigenvalue weighted by Crippen LogP contribution is -2.43. The van der Waals surface area contributed by atoms with Crippen LogP contribution in [0.25, 0.3) is 0 Å². The molecule has 2 heteroatoms. The van der Waals surface area contributed by atoms with E-state index >= 15 is 0 Å². The molecule has 0 aromatic heterocycles. The van der Waals surface area contributed by atoms with Crippen LogP contribution in [-0.2, 0) is 0 Å². The van der Waals surface area contributed by atoms with Crippen molar-refractivity contribution in [3.8, 4) is 0 Å². The maximum Gasteiger partial charge on any atom is 0.0606 e. The molecule has 1 aliphatic heterocycles. The van der Waals surface area contributed by atoms with Gasteiger partial charge in [0.05, 0.1) is 6.17 Å². The Hall–Kier alpha value is -0.0800. The number of nitrogens with one attached hydrogen (secondary N) is 2. The first-order valence-corrected chi connectivity index (χ1v) is 5.67. The number of fused-ring (bicyclic) bond motifs is 1. The van der Waals surface area contributed by atoms with Crippen molar-refractivity contribution >= 4 is 0 Å². The van der Waals surface area contributed by atoms with Gasteiger partial charge in [-0.25, -0.2) is 0 Å². The molecule has 1 saturated heterocycles. The van der Waals surface area contributed by atoms with Crippen LogP contribution < -0.4 is 10.6 Å². The zero-order valence-electron chi connectivity index (χ0n) is 9.01. The zero-order valence-corrected chi connectivity index (χ0v) is 9.01. The van der Waals surface area contributed by atoms with E-state index in [9.17, 15) is 0 Å². The highest BCUT2D eigenvalue weighted by Crippen LogP contribution is 2.41. The third-order valence-electron chi connectivity index (χ3n) is 4.13. The van der Waals surface area contributed by atoms with Gasteiger partial charge in [0.2, 0.25) is 0 Å². The highest BCUT2D eigenvalue weighted by atomic mass is 15.2. The first-order valence-electron chi connectivity index (χ1n) is 5.67. The third-order valence-corrected chi connectivity index (χ3v) is 4.13. The summed E-state index contributed by atoms with van der Waals surface area (Å²) in [7, 11) is 2.08. The van der Waals surface area contributed by atoms with Gasteiger partial charge in [-0.2, -0.15) is 0 Å². The number of hydrogen-bond acceptors (Lipinski definition) is 2. The molecule has 2 rings (SSSR count). The van der Waals surface area contributed by atoms with Crippen LogP contribution in [-0.4, -0.2) is 19.3 Å². The van der Waals surface area contributed by atoms with Gasteiger partial charge in [-0.1, -0.05) is 19.8 Å². The van der Waals surface area contributed by atoms with Crippen molar-refractivity contribution in [2.24, 2.45) is 17.8 Å². The fourth-order valence-electron chi connectivity index (χ4n) is 3.44. The summed E-state index contributed by atoms with van der Waals surface area (Å²) in [5.41, 5.74) is 0. The van der Waals surface area contributed by atoms with E-state index in [0.717, 1.165) is 17.8 Å². The van der Waals surface area contributed by atoms with Crippen molar-refractivity contribution in [2.45, 2.75) is 45.3 Å². The van der Waals surface area contributed by atoms with Crippen LogP contribution in [0.3, 0.4) is 0 Å². The second kappa shape index (κ2) is 3.58. The second-order valence-electron chi connectivity index (χ2n) is 4.87. The van der Waals surface area contributed by atoms with Gasteiger partial charge in [-0.3, -0.25) is 5.32 Å². The highest BCUT2D eigenvalue weighted by Gasteiger charge is 2.44. The van der Waals surface area contributed by atoms with Gasteiger partial charge in [0.15, 0.2) is 0 Å². The normalized spacial score (nSPS) is 50.5. The van der Waals surface area contributed by atoms with Crippen LogP contribution in [0.4, 0.5) is 0 Å². The van der Waals surface area contributed by atoms with Gasteiger partial charge < -0.3 is 5.32 Å². The number of rotatable bonds is 1. The average molecular weight is 182 g/mol. The average Bonchev–Trinajstić information content (AvgIpc) is 2.45. The van der Waals surface area contributed by atoms with Gasteiger partial charge in [-0.05, 0) is 38.1 Å². The zero-order chi connectivity index (χ0) is 9.42. The molecule has 0 amide bonds. The molecule has 2 N–H and O–H groups in total. The molecule has 2 aliphatic rings. The smallest absolute Gasteiger partial charge is 0.0606 e.